The van der Waals surface area contributed by atoms with Gasteiger partial charge in [0.1, 0.15) is 0 Å². The molecule has 0 radical (unpaired) electrons. The van der Waals surface area contributed by atoms with Gasteiger partial charge in [0, 0.05) is 18.0 Å². The monoisotopic (exact) mass is 287 g/mol. The summed E-state index contributed by atoms with van der Waals surface area (Å²) in [5, 5.41) is 0. The Morgan fingerprint density at radius 2 is 2.26 bits per heavy atom. The normalized spacial score (nSPS) is 19.5. The molecular formula is C13H15F2NO2S. The van der Waals surface area contributed by atoms with Gasteiger partial charge in [-0.3, -0.25) is 4.79 Å². The fraction of sp³-hybridized carbons (Fsp3) is 0.462. The number of nitrogens with zero attached hydrogens (tertiary/aromatic N) is 1. The van der Waals surface area contributed by atoms with Crippen LogP contribution in [-0.2, 0) is 9.53 Å². The first-order valence-corrected chi connectivity index (χ1v) is 7.02. The van der Waals surface area contributed by atoms with Gasteiger partial charge < -0.3 is 9.64 Å². The first-order valence-electron chi connectivity index (χ1n) is 6.03. The van der Waals surface area contributed by atoms with Gasteiger partial charge in [0.15, 0.2) is 11.6 Å². The van der Waals surface area contributed by atoms with E-state index in [9.17, 15) is 13.6 Å². The molecule has 1 saturated heterocycles. The van der Waals surface area contributed by atoms with Gasteiger partial charge in [-0.25, -0.2) is 8.78 Å². The number of halogens is 2. The number of thioether (sulfide) groups is 1. The largest absolute Gasteiger partial charge is 0.375 e. The van der Waals surface area contributed by atoms with Crippen LogP contribution >= 0.6 is 11.8 Å². The molecule has 0 bridgehead atoms. The van der Waals surface area contributed by atoms with Gasteiger partial charge in [0.2, 0.25) is 5.91 Å². The summed E-state index contributed by atoms with van der Waals surface area (Å²) in [5.74, 6) is -1.56. The second-order valence-corrected chi connectivity index (χ2v) is 5.43. The molecule has 0 saturated carbocycles. The lowest BCUT2D eigenvalue weighted by atomic mass is 10.3. The highest BCUT2D eigenvalue weighted by molar-refractivity contribution is 8.00. The molecule has 1 amide bonds. The van der Waals surface area contributed by atoms with Crippen LogP contribution in [0.2, 0.25) is 0 Å². The van der Waals surface area contributed by atoms with Gasteiger partial charge >= 0.3 is 0 Å². The molecule has 1 aromatic rings. The lowest BCUT2D eigenvalue weighted by molar-refractivity contribution is -0.135. The Kier molecular flexibility index (Phi) is 4.76. The average Bonchev–Trinajstić information content (AvgIpc) is 2.40. The van der Waals surface area contributed by atoms with Crippen molar-refractivity contribution in [2.45, 2.75) is 17.9 Å². The predicted octanol–water partition coefficient (Wildman–Crippen LogP) is 2.30. The summed E-state index contributed by atoms with van der Waals surface area (Å²) in [5.41, 5.74) is 0. The zero-order valence-corrected chi connectivity index (χ0v) is 11.4. The quantitative estimate of drug-likeness (QED) is 0.799. The third-order valence-corrected chi connectivity index (χ3v) is 3.83. The molecule has 2 rings (SSSR count). The molecule has 104 valence electrons. The van der Waals surface area contributed by atoms with E-state index in [1.165, 1.54) is 17.8 Å². The molecule has 19 heavy (non-hydrogen) atoms. The topological polar surface area (TPSA) is 29.5 Å². The van der Waals surface area contributed by atoms with Crippen LogP contribution in [0.5, 0.6) is 0 Å². The fourth-order valence-electron chi connectivity index (χ4n) is 1.85. The van der Waals surface area contributed by atoms with Gasteiger partial charge in [-0.05, 0) is 25.1 Å². The van der Waals surface area contributed by atoms with E-state index < -0.39 is 11.6 Å². The van der Waals surface area contributed by atoms with Crippen molar-refractivity contribution in [3.05, 3.63) is 29.8 Å². The Balaban J connectivity index is 1.87. The lowest BCUT2D eigenvalue weighted by Gasteiger charge is -2.31. The third kappa shape index (κ3) is 3.91. The van der Waals surface area contributed by atoms with Crippen molar-refractivity contribution in [1.29, 1.82) is 0 Å². The summed E-state index contributed by atoms with van der Waals surface area (Å²) >= 11 is 1.21. The molecule has 0 N–H and O–H groups in total. The summed E-state index contributed by atoms with van der Waals surface area (Å²) in [6, 6.07) is 3.65. The minimum Gasteiger partial charge on any atom is -0.375 e. The second kappa shape index (κ2) is 6.34. The zero-order chi connectivity index (χ0) is 13.8. The molecule has 1 aromatic carbocycles. The van der Waals surface area contributed by atoms with Crippen molar-refractivity contribution in [3.8, 4) is 0 Å². The summed E-state index contributed by atoms with van der Waals surface area (Å²) in [6.45, 7) is 3.63. The molecule has 3 nitrogen and oxygen atoms in total. The molecular weight excluding hydrogens is 272 g/mol. The number of benzene rings is 1. The van der Waals surface area contributed by atoms with E-state index in [0.717, 1.165) is 12.1 Å². The van der Waals surface area contributed by atoms with E-state index in [4.69, 9.17) is 4.74 Å². The van der Waals surface area contributed by atoms with E-state index in [0.29, 0.717) is 24.6 Å². The Morgan fingerprint density at radius 3 is 2.95 bits per heavy atom. The van der Waals surface area contributed by atoms with E-state index in [1.54, 1.807) is 4.90 Å². The summed E-state index contributed by atoms with van der Waals surface area (Å²) in [4.78, 5) is 14.2. The highest BCUT2D eigenvalue weighted by Gasteiger charge is 2.21. The third-order valence-electron chi connectivity index (χ3n) is 2.85. The number of amides is 1. The molecule has 0 spiro atoms. The predicted molar refractivity (Wildman–Crippen MR) is 69.1 cm³/mol. The highest BCUT2D eigenvalue weighted by Crippen LogP contribution is 2.21. The first kappa shape index (κ1) is 14.3. The van der Waals surface area contributed by atoms with Crippen molar-refractivity contribution in [2.75, 3.05) is 25.4 Å². The van der Waals surface area contributed by atoms with Gasteiger partial charge in [0.05, 0.1) is 18.5 Å². The maximum Gasteiger partial charge on any atom is 0.233 e. The van der Waals surface area contributed by atoms with Crippen LogP contribution in [0.3, 0.4) is 0 Å². The maximum atomic E-state index is 13.0. The van der Waals surface area contributed by atoms with Crippen LogP contribution in [0, 0.1) is 11.6 Å². The van der Waals surface area contributed by atoms with Crippen LogP contribution in [0.15, 0.2) is 23.1 Å². The van der Waals surface area contributed by atoms with Crippen molar-refractivity contribution < 1.29 is 18.3 Å². The van der Waals surface area contributed by atoms with Crippen molar-refractivity contribution in [1.82, 2.24) is 4.90 Å². The van der Waals surface area contributed by atoms with Crippen LogP contribution in [-0.4, -0.2) is 42.4 Å². The minimum atomic E-state index is -0.891. The Morgan fingerprint density at radius 1 is 1.47 bits per heavy atom. The van der Waals surface area contributed by atoms with Gasteiger partial charge in [0.25, 0.3) is 0 Å². The number of morpholine rings is 1. The SMILES string of the molecule is C[C@H]1CN(C(=O)CSc2ccc(F)c(F)c2)CCO1. The first-order chi connectivity index (χ1) is 9.06. The van der Waals surface area contributed by atoms with Crippen molar-refractivity contribution >= 4 is 17.7 Å². The Hall–Kier alpha value is -1.14. The molecule has 0 aromatic heterocycles. The molecule has 1 fully saturated rings. The summed E-state index contributed by atoms with van der Waals surface area (Å²) in [7, 11) is 0. The highest BCUT2D eigenvalue weighted by atomic mass is 32.2. The van der Waals surface area contributed by atoms with Crippen LogP contribution in [0.25, 0.3) is 0 Å². The zero-order valence-electron chi connectivity index (χ0n) is 10.6. The molecule has 1 aliphatic heterocycles. The standard InChI is InChI=1S/C13H15F2NO2S/c1-9-7-16(4-5-18-9)13(17)8-19-10-2-3-11(14)12(15)6-10/h2-3,6,9H,4-5,7-8H2,1H3/t9-/m0/s1. The van der Waals surface area contributed by atoms with E-state index in [2.05, 4.69) is 0 Å². The van der Waals surface area contributed by atoms with Gasteiger partial charge in [-0.1, -0.05) is 0 Å². The average molecular weight is 287 g/mol. The molecule has 6 heteroatoms. The molecule has 0 unspecified atom stereocenters. The molecule has 1 atom stereocenters. The van der Waals surface area contributed by atoms with Crippen molar-refractivity contribution in [3.63, 3.8) is 0 Å². The van der Waals surface area contributed by atoms with E-state index >= 15 is 0 Å². The number of hydrogen-bond donors (Lipinski definition) is 0. The minimum absolute atomic E-state index is 0.00937. The number of carbonyl (C=O) groups is 1. The summed E-state index contributed by atoms with van der Waals surface area (Å²) in [6.07, 6.45) is 0.0472. The second-order valence-electron chi connectivity index (χ2n) is 4.39. The number of carbonyl (C=O) groups excluding carboxylic acids is 1. The fourth-order valence-corrected chi connectivity index (χ4v) is 2.67. The Bertz CT molecular complexity index is 470. The smallest absolute Gasteiger partial charge is 0.233 e. The number of hydrogen-bond acceptors (Lipinski definition) is 3. The number of rotatable bonds is 3. The maximum absolute atomic E-state index is 13.0. The number of ether oxygens (including phenoxy) is 1. The lowest BCUT2D eigenvalue weighted by Crippen LogP contribution is -2.45. The van der Waals surface area contributed by atoms with Crippen molar-refractivity contribution in [2.24, 2.45) is 0 Å². The van der Waals surface area contributed by atoms with Crippen LogP contribution in [0.4, 0.5) is 8.78 Å². The van der Waals surface area contributed by atoms with Crippen LogP contribution < -0.4 is 0 Å². The molecule has 0 aliphatic carbocycles. The molecule has 1 aliphatic rings. The van der Waals surface area contributed by atoms with Gasteiger partial charge in [-0.2, -0.15) is 0 Å². The van der Waals surface area contributed by atoms with Crippen LogP contribution in [0.1, 0.15) is 6.92 Å². The summed E-state index contributed by atoms with van der Waals surface area (Å²) < 4.78 is 31.1. The van der Waals surface area contributed by atoms with Gasteiger partial charge in [-0.15, -0.1) is 11.8 Å². The Labute approximate surface area is 114 Å². The van der Waals surface area contributed by atoms with E-state index in [1.807, 2.05) is 6.92 Å². The molecule has 1 heterocycles. The van der Waals surface area contributed by atoms with E-state index in [-0.39, 0.29) is 17.8 Å².